The molecule has 0 aliphatic heterocycles. The Morgan fingerprint density at radius 3 is 2.57 bits per heavy atom. The minimum absolute atomic E-state index is 0.113. The minimum Gasteiger partial charge on any atom is -0.399 e. The van der Waals surface area contributed by atoms with E-state index in [-0.39, 0.29) is 10.8 Å². The van der Waals surface area contributed by atoms with E-state index >= 15 is 0 Å². The van der Waals surface area contributed by atoms with Gasteiger partial charge in [0.15, 0.2) is 10.0 Å². The minimum atomic E-state index is -4.11. The maximum Gasteiger partial charge on any atom is 0.291 e. The van der Waals surface area contributed by atoms with E-state index in [1.165, 1.54) is 6.07 Å². The van der Waals surface area contributed by atoms with Gasteiger partial charge in [0, 0.05) is 16.6 Å². The van der Waals surface area contributed by atoms with Crippen LogP contribution in [0, 0.1) is 24.0 Å². The molecular formula is C11H12N4O4S2. The van der Waals surface area contributed by atoms with Crippen LogP contribution in [0.5, 0.6) is 0 Å². The number of thiazole rings is 1. The number of nitrogens with two attached hydrogens (primary N) is 1. The summed E-state index contributed by atoms with van der Waals surface area (Å²) in [5.74, 6) is 0. The topological polar surface area (TPSA) is 128 Å². The third-order valence-corrected chi connectivity index (χ3v) is 5.22. The second-order valence-corrected chi connectivity index (χ2v) is 7.10. The third kappa shape index (κ3) is 3.11. The first-order chi connectivity index (χ1) is 9.70. The molecule has 0 atom stereocenters. The van der Waals surface area contributed by atoms with Crippen molar-refractivity contribution in [3.8, 4) is 0 Å². The number of nitrogen functional groups attached to an aromatic ring is 1. The maximum absolute atomic E-state index is 12.3. The lowest BCUT2D eigenvalue weighted by Crippen LogP contribution is -2.14. The number of hydrogen-bond donors (Lipinski definition) is 2. The Bertz CT molecular complexity index is 794. The van der Waals surface area contributed by atoms with Gasteiger partial charge in [-0.3, -0.25) is 14.8 Å². The Morgan fingerprint density at radius 1 is 1.38 bits per heavy atom. The highest BCUT2D eigenvalue weighted by Gasteiger charge is 2.27. The first kappa shape index (κ1) is 15.2. The van der Waals surface area contributed by atoms with Gasteiger partial charge in [-0.15, -0.1) is 11.3 Å². The predicted octanol–water partition coefficient (Wildman–Crippen LogP) is 2.05. The quantitative estimate of drug-likeness (QED) is 0.502. The highest BCUT2D eigenvalue weighted by Crippen LogP contribution is 2.29. The van der Waals surface area contributed by atoms with Crippen LogP contribution >= 0.6 is 11.3 Å². The number of sulfonamides is 1. The highest BCUT2D eigenvalue weighted by atomic mass is 32.2. The average Bonchev–Trinajstić information content (AvgIpc) is 2.66. The van der Waals surface area contributed by atoms with Crippen molar-refractivity contribution in [3.63, 3.8) is 0 Å². The van der Waals surface area contributed by atoms with E-state index in [4.69, 9.17) is 5.73 Å². The first-order valence-electron chi connectivity index (χ1n) is 5.71. The largest absolute Gasteiger partial charge is 0.399 e. The lowest BCUT2D eigenvalue weighted by Gasteiger charge is -2.06. The molecule has 0 unspecified atom stereocenters. The Hall–Kier alpha value is -2.20. The molecule has 0 bridgehead atoms. The van der Waals surface area contributed by atoms with Gasteiger partial charge in [0.1, 0.15) is 0 Å². The lowest BCUT2D eigenvalue weighted by molar-refractivity contribution is -0.387. The molecule has 0 fully saturated rings. The average molecular weight is 328 g/mol. The van der Waals surface area contributed by atoms with Crippen LogP contribution in [0.25, 0.3) is 0 Å². The van der Waals surface area contributed by atoms with Crippen molar-refractivity contribution in [3.05, 3.63) is 38.9 Å². The summed E-state index contributed by atoms with van der Waals surface area (Å²) in [6.45, 7) is 3.55. The fraction of sp³-hybridized carbons (Fsp3) is 0.182. The summed E-state index contributed by atoms with van der Waals surface area (Å²) < 4.78 is 26.8. The fourth-order valence-corrected chi connectivity index (χ4v) is 3.79. The standard InChI is InChI=1S/C11H12N4O4S2/c1-6-7(2)20-11(13-6)14-21(18,19)10-4-3-8(12)5-9(10)15(16)17/h3-5H,12H2,1-2H3,(H,13,14). The van der Waals surface area contributed by atoms with E-state index in [0.29, 0.717) is 5.69 Å². The van der Waals surface area contributed by atoms with Crippen LogP contribution in [0.2, 0.25) is 0 Å². The Kier molecular flexibility index (Phi) is 3.83. The zero-order chi connectivity index (χ0) is 15.8. The number of aryl methyl sites for hydroxylation is 2. The number of rotatable bonds is 4. The molecule has 1 aromatic carbocycles. The van der Waals surface area contributed by atoms with E-state index in [0.717, 1.165) is 28.3 Å². The molecule has 1 aromatic heterocycles. The van der Waals surface area contributed by atoms with E-state index < -0.39 is 25.5 Å². The summed E-state index contributed by atoms with van der Waals surface area (Å²) in [6.07, 6.45) is 0. The molecule has 112 valence electrons. The van der Waals surface area contributed by atoms with Gasteiger partial charge < -0.3 is 5.73 Å². The summed E-state index contributed by atoms with van der Waals surface area (Å²) in [6, 6.07) is 3.40. The van der Waals surface area contributed by atoms with Crippen LogP contribution < -0.4 is 10.5 Å². The molecule has 0 aliphatic carbocycles. The molecular weight excluding hydrogens is 316 g/mol. The molecule has 21 heavy (non-hydrogen) atoms. The number of nitrogens with one attached hydrogen (secondary N) is 1. The molecule has 1 heterocycles. The van der Waals surface area contributed by atoms with Gasteiger partial charge in [-0.05, 0) is 26.0 Å². The molecule has 2 aromatic rings. The van der Waals surface area contributed by atoms with Crippen molar-refractivity contribution in [1.29, 1.82) is 0 Å². The van der Waals surface area contributed by atoms with Crippen LogP contribution in [0.1, 0.15) is 10.6 Å². The fourth-order valence-electron chi connectivity index (χ4n) is 1.59. The molecule has 3 N–H and O–H groups in total. The van der Waals surface area contributed by atoms with Crippen molar-refractivity contribution in [2.45, 2.75) is 18.7 Å². The van der Waals surface area contributed by atoms with Crippen LogP contribution in [0.15, 0.2) is 23.1 Å². The van der Waals surface area contributed by atoms with E-state index in [1.807, 2.05) is 0 Å². The van der Waals surface area contributed by atoms with Crippen molar-refractivity contribution in [2.24, 2.45) is 0 Å². The summed E-state index contributed by atoms with van der Waals surface area (Å²) >= 11 is 1.16. The molecule has 0 aliphatic rings. The molecule has 2 rings (SSSR count). The summed E-state index contributed by atoms with van der Waals surface area (Å²) in [5, 5.41) is 11.1. The highest BCUT2D eigenvalue weighted by molar-refractivity contribution is 7.93. The molecule has 0 saturated carbocycles. The molecule has 0 spiro atoms. The summed E-state index contributed by atoms with van der Waals surface area (Å²) in [7, 11) is -4.11. The van der Waals surface area contributed by atoms with Gasteiger partial charge in [-0.2, -0.15) is 0 Å². The third-order valence-electron chi connectivity index (χ3n) is 2.72. The Morgan fingerprint density at radius 2 is 2.05 bits per heavy atom. The van der Waals surface area contributed by atoms with Crippen molar-refractivity contribution < 1.29 is 13.3 Å². The van der Waals surface area contributed by atoms with Gasteiger partial charge in [0.05, 0.1) is 10.6 Å². The molecule has 0 amide bonds. The van der Waals surface area contributed by atoms with Crippen molar-refractivity contribution in [2.75, 3.05) is 10.5 Å². The predicted molar refractivity (Wildman–Crippen MR) is 79.9 cm³/mol. The van der Waals surface area contributed by atoms with Gasteiger partial charge in [0.25, 0.3) is 15.7 Å². The maximum atomic E-state index is 12.3. The SMILES string of the molecule is Cc1nc(NS(=O)(=O)c2ccc(N)cc2[N+](=O)[O-])sc1C. The second-order valence-electron chi connectivity index (χ2n) is 4.25. The van der Waals surface area contributed by atoms with Crippen LogP contribution in [0.3, 0.4) is 0 Å². The zero-order valence-electron chi connectivity index (χ0n) is 11.2. The van der Waals surface area contributed by atoms with Crippen LogP contribution in [-0.2, 0) is 10.0 Å². The van der Waals surface area contributed by atoms with E-state index in [9.17, 15) is 18.5 Å². The zero-order valence-corrected chi connectivity index (χ0v) is 12.8. The lowest BCUT2D eigenvalue weighted by atomic mass is 10.3. The smallest absolute Gasteiger partial charge is 0.291 e. The monoisotopic (exact) mass is 328 g/mol. The number of hydrogen-bond acceptors (Lipinski definition) is 7. The Balaban J connectivity index is 2.47. The van der Waals surface area contributed by atoms with Gasteiger partial charge in [-0.1, -0.05) is 0 Å². The Labute approximate surface area is 124 Å². The number of nitro benzene ring substituents is 1. The van der Waals surface area contributed by atoms with E-state index in [1.54, 1.807) is 13.8 Å². The summed E-state index contributed by atoms with van der Waals surface area (Å²) in [5.41, 5.74) is 5.69. The van der Waals surface area contributed by atoms with E-state index in [2.05, 4.69) is 9.71 Å². The number of nitro groups is 1. The molecule has 10 heteroatoms. The second kappa shape index (κ2) is 5.30. The van der Waals surface area contributed by atoms with Gasteiger partial charge in [-0.25, -0.2) is 13.4 Å². The van der Waals surface area contributed by atoms with Crippen LogP contribution in [-0.4, -0.2) is 18.3 Å². The first-order valence-corrected chi connectivity index (χ1v) is 8.01. The molecule has 0 radical (unpaired) electrons. The van der Waals surface area contributed by atoms with Crippen LogP contribution in [0.4, 0.5) is 16.5 Å². The number of nitrogens with zero attached hydrogens (tertiary/aromatic N) is 2. The van der Waals surface area contributed by atoms with Crippen molar-refractivity contribution in [1.82, 2.24) is 4.98 Å². The van der Waals surface area contributed by atoms with Gasteiger partial charge in [0.2, 0.25) is 0 Å². The molecule has 8 nitrogen and oxygen atoms in total. The number of benzene rings is 1. The van der Waals surface area contributed by atoms with Gasteiger partial charge >= 0.3 is 0 Å². The number of anilines is 2. The molecule has 0 saturated heterocycles. The summed E-state index contributed by atoms with van der Waals surface area (Å²) in [4.78, 5) is 14.6. The van der Waals surface area contributed by atoms with Crippen molar-refractivity contribution >= 4 is 37.9 Å². The number of aromatic nitrogens is 1. The normalized spacial score (nSPS) is 11.3.